The summed E-state index contributed by atoms with van der Waals surface area (Å²) >= 11 is 0. The third kappa shape index (κ3) is 2.31. The Labute approximate surface area is 140 Å². The van der Waals surface area contributed by atoms with Gasteiger partial charge in [0, 0.05) is 25.8 Å². The van der Waals surface area contributed by atoms with Crippen molar-refractivity contribution in [1.82, 2.24) is 9.88 Å². The minimum absolute atomic E-state index is 0.0505. The average Bonchev–Trinajstić information content (AvgIpc) is 2.89. The molecule has 1 saturated carbocycles. The van der Waals surface area contributed by atoms with Crippen LogP contribution in [-0.2, 0) is 9.59 Å². The summed E-state index contributed by atoms with van der Waals surface area (Å²) in [4.78, 5) is 33.0. The van der Waals surface area contributed by atoms with Crippen LogP contribution in [0.3, 0.4) is 0 Å². The highest BCUT2D eigenvalue weighted by Gasteiger charge is 2.53. The van der Waals surface area contributed by atoms with Crippen LogP contribution >= 0.6 is 0 Å². The van der Waals surface area contributed by atoms with Crippen LogP contribution in [0.25, 0.3) is 0 Å². The van der Waals surface area contributed by atoms with Gasteiger partial charge >= 0.3 is 0 Å². The Morgan fingerprint density at radius 2 is 2.00 bits per heavy atom. The molecule has 1 aromatic rings. The summed E-state index contributed by atoms with van der Waals surface area (Å²) in [5.41, 5.74) is -1.43. The monoisotopic (exact) mass is 331 g/mol. The maximum absolute atomic E-state index is 14.5. The Bertz CT molecular complexity index is 661. The molecule has 1 spiro atoms. The van der Waals surface area contributed by atoms with Gasteiger partial charge < -0.3 is 9.80 Å². The highest BCUT2D eigenvalue weighted by Crippen LogP contribution is 2.44. The maximum Gasteiger partial charge on any atom is 0.260 e. The van der Waals surface area contributed by atoms with Gasteiger partial charge in [-0.25, -0.2) is 4.39 Å². The van der Waals surface area contributed by atoms with Crippen LogP contribution in [0, 0.1) is 5.41 Å². The standard InChI is InChI=1S/C18H22FN3O2/c19-18(6-2-7-18)16(24)21-10-3-5-17(13-21)8-11-22(15(17)23)14-4-1-9-20-12-14/h1,4,9,12H,2-3,5-8,10-11,13H2. The normalized spacial score (nSPS) is 29.0. The lowest BCUT2D eigenvalue weighted by Gasteiger charge is -2.43. The van der Waals surface area contributed by atoms with Gasteiger partial charge in [0.05, 0.1) is 17.3 Å². The molecule has 1 atom stereocenters. The number of carbonyl (C=O) groups is 2. The lowest BCUT2D eigenvalue weighted by atomic mass is 9.76. The highest BCUT2D eigenvalue weighted by atomic mass is 19.1. The Balaban J connectivity index is 1.53. The molecule has 1 aromatic heterocycles. The van der Waals surface area contributed by atoms with E-state index in [1.165, 1.54) is 0 Å². The summed E-state index contributed by atoms with van der Waals surface area (Å²) in [7, 11) is 0. The third-order valence-corrected chi connectivity index (χ3v) is 5.86. The molecular formula is C18H22FN3O2. The first kappa shape index (κ1) is 15.5. The number of likely N-dealkylation sites (tertiary alicyclic amines) is 1. The van der Waals surface area contributed by atoms with Crippen molar-refractivity contribution < 1.29 is 14.0 Å². The first-order valence-electron chi connectivity index (χ1n) is 8.74. The number of halogens is 1. The quantitative estimate of drug-likeness (QED) is 0.836. The van der Waals surface area contributed by atoms with E-state index in [0.717, 1.165) is 24.9 Å². The van der Waals surface area contributed by atoms with E-state index in [0.29, 0.717) is 38.9 Å². The molecule has 1 unspecified atom stereocenters. The maximum atomic E-state index is 14.5. The zero-order valence-electron chi connectivity index (χ0n) is 13.7. The Morgan fingerprint density at radius 3 is 2.67 bits per heavy atom. The van der Waals surface area contributed by atoms with E-state index in [9.17, 15) is 14.0 Å². The summed E-state index contributed by atoms with van der Waals surface area (Å²) in [6, 6.07) is 3.69. The highest BCUT2D eigenvalue weighted by molar-refractivity contribution is 6.00. The molecule has 128 valence electrons. The zero-order valence-corrected chi connectivity index (χ0v) is 13.7. The van der Waals surface area contributed by atoms with Gasteiger partial charge in [0.15, 0.2) is 5.67 Å². The van der Waals surface area contributed by atoms with Crippen molar-refractivity contribution >= 4 is 17.5 Å². The van der Waals surface area contributed by atoms with Crippen LogP contribution in [-0.4, -0.2) is 47.0 Å². The van der Waals surface area contributed by atoms with E-state index in [-0.39, 0.29) is 5.91 Å². The molecule has 0 aromatic carbocycles. The molecular weight excluding hydrogens is 309 g/mol. The van der Waals surface area contributed by atoms with E-state index < -0.39 is 17.0 Å². The van der Waals surface area contributed by atoms with Gasteiger partial charge in [0.2, 0.25) is 5.91 Å². The average molecular weight is 331 g/mol. The molecule has 4 rings (SSSR count). The minimum Gasteiger partial charge on any atom is -0.339 e. The molecule has 0 radical (unpaired) electrons. The second-order valence-electron chi connectivity index (χ2n) is 7.35. The number of nitrogens with zero attached hydrogens (tertiary/aromatic N) is 3. The second-order valence-corrected chi connectivity index (χ2v) is 7.35. The predicted octanol–water partition coefficient (Wildman–Crippen LogP) is 2.32. The van der Waals surface area contributed by atoms with E-state index in [1.807, 2.05) is 12.1 Å². The summed E-state index contributed by atoms with van der Waals surface area (Å²) in [5.74, 6) is -0.352. The van der Waals surface area contributed by atoms with E-state index >= 15 is 0 Å². The summed E-state index contributed by atoms with van der Waals surface area (Å²) in [6.45, 7) is 1.55. The predicted molar refractivity (Wildman–Crippen MR) is 87.1 cm³/mol. The van der Waals surface area contributed by atoms with Gasteiger partial charge in [0.25, 0.3) is 5.91 Å². The number of rotatable bonds is 2. The lowest BCUT2D eigenvalue weighted by Crippen LogP contribution is -2.56. The number of anilines is 1. The van der Waals surface area contributed by atoms with Crippen molar-refractivity contribution in [2.75, 3.05) is 24.5 Å². The van der Waals surface area contributed by atoms with Gasteiger partial charge in [-0.1, -0.05) is 0 Å². The molecule has 0 bridgehead atoms. The number of carbonyl (C=O) groups excluding carboxylic acids is 2. The van der Waals surface area contributed by atoms with Crippen LogP contribution < -0.4 is 4.90 Å². The van der Waals surface area contributed by atoms with Crippen LogP contribution in [0.2, 0.25) is 0 Å². The first-order valence-corrected chi connectivity index (χ1v) is 8.74. The molecule has 2 amide bonds. The van der Waals surface area contributed by atoms with Gasteiger partial charge in [-0.3, -0.25) is 14.6 Å². The number of piperidine rings is 1. The lowest BCUT2D eigenvalue weighted by molar-refractivity contribution is -0.154. The topological polar surface area (TPSA) is 53.5 Å². The largest absolute Gasteiger partial charge is 0.339 e. The number of pyridine rings is 1. The van der Waals surface area contributed by atoms with Crippen molar-refractivity contribution in [3.63, 3.8) is 0 Å². The van der Waals surface area contributed by atoms with Crippen molar-refractivity contribution in [2.45, 2.75) is 44.2 Å². The second kappa shape index (κ2) is 5.53. The molecule has 24 heavy (non-hydrogen) atoms. The van der Waals surface area contributed by atoms with Crippen molar-refractivity contribution in [3.05, 3.63) is 24.5 Å². The van der Waals surface area contributed by atoms with E-state index in [2.05, 4.69) is 4.98 Å². The SMILES string of the molecule is O=C(N1CCCC2(CCN(c3cccnc3)C2=O)C1)C1(F)CCC1. The van der Waals surface area contributed by atoms with Gasteiger partial charge in [-0.15, -0.1) is 0 Å². The molecule has 6 heteroatoms. The Hall–Kier alpha value is -1.98. The Kier molecular flexibility index (Phi) is 3.58. The number of amides is 2. The Morgan fingerprint density at radius 1 is 1.17 bits per heavy atom. The van der Waals surface area contributed by atoms with Crippen LogP contribution in [0.1, 0.15) is 38.5 Å². The first-order chi connectivity index (χ1) is 11.5. The fourth-order valence-corrected chi connectivity index (χ4v) is 4.25. The third-order valence-electron chi connectivity index (χ3n) is 5.86. The molecule has 0 N–H and O–H groups in total. The van der Waals surface area contributed by atoms with Crippen molar-refractivity contribution in [2.24, 2.45) is 5.41 Å². The summed E-state index contributed by atoms with van der Waals surface area (Å²) < 4.78 is 14.5. The van der Waals surface area contributed by atoms with Gasteiger partial charge in [-0.2, -0.15) is 0 Å². The number of hydrogen-bond acceptors (Lipinski definition) is 3. The van der Waals surface area contributed by atoms with Crippen molar-refractivity contribution in [1.29, 1.82) is 0 Å². The van der Waals surface area contributed by atoms with Crippen molar-refractivity contribution in [3.8, 4) is 0 Å². The molecule has 5 nitrogen and oxygen atoms in total. The number of hydrogen-bond donors (Lipinski definition) is 0. The van der Waals surface area contributed by atoms with Crippen LogP contribution in [0.4, 0.5) is 10.1 Å². The smallest absolute Gasteiger partial charge is 0.260 e. The number of aromatic nitrogens is 1. The van der Waals surface area contributed by atoms with E-state index in [4.69, 9.17) is 0 Å². The zero-order chi connectivity index (χ0) is 16.8. The van der Waals surface area contributed by atoms with Crippen LogP contribution in [0.15, 0.2) is 24.5 Å². The van der Waals surface area contributed by atoms with Crippen LogP contribution in [0.5, 0.6) is 0 Å². The fourth-order valence-electron chi connectivity index (χ4n) is 4.25. The van der Waals surface area contributed by atoms with Gasteiger partial charge in [0.1, 0.15) is 0 Å². The summed E-state index contributed by atoms with van der Waals surface area (Å²) in [5, 5.41) is 0. The molecule has 3 fully saturated rings. The minimum atomic E-state index is -1.68. The molecule has 2 aliphatic heterocycles. The molecule has 2 saturated heterocycles. The number of alkyl halides is 1. The molecule has 3 heterocycles. The molecule has 3 aliphatic rings. The fraction of sp³-hybridized carbons (Fsp3) is 0.611. The summed E-state index contributed by atoms with van der Waals surface area (Å²) in [6.07, 6.45) is 7.03. The van der Waals surface area contributed by atoms with E-state index in [1.54, 1.807) is 22.2 Å². The van der Waals surface area contributed by atoms with Gasteiger partial charge in [-0.05, 0) is 50.7 Å². The molecule has 1 aliphatic carbocycles.